The van der Waals surface area contributed by atoms with E-state index >= 15 is 0 Å². The van der Waals surface area contributed by atoms with Gasteiger partial charge in [0.25, 0.3) is 0 Å². The van der Waals surface area contributed by atoms with Crippen molar-refractivity contribution < 1.29 is 18.4 Å². The van der Waals surface area contributed by atoms with Crippen LogP contribution in [-0.4, -0.2) is 46.9 Å². The minimum absolute atomic E-state index is 0. The lowest BCUT2D eigenvalue weighted by Crippen LogP contribution is -2.45. The summed E-state index contributed by atoms with van der Waals surface area (Å²) in [5, 5.41) is 9.07. The summed E-state index contributed by atoms with van der Waals surface area (Å²) in [5.41, 5.74) is 6.34. The van der Waals surface area contributed by atoms with Gasteiger partial charge in [0.1, 0.15) is 0 Å². The summed E-state index contributed by atoms with van der Waals surface area (Å²) in [7, 11) is 0.625. The lowest BCUT2D eigenvalue weighted by Gasteiger charge is -2.32. The average molecular weight is 526 g/mol. The van der Waals surface area contributed by atoms with Gasteiger partial charge >= 0.3 is 8.80 Å². The van der Waals surface area contributed by atoms with Gasteiger partial charge in [-0.2, -0.15) is 0 Å². The minimum Gasteiger partial charge on any atom is -0.394 e. The number of rotatable bonds is 25. The molecule has 0 spiro atoms. The number of aliphatic hydroxyl groups is 1. The second kappa shape index (κ2) is 23.7. The predicted molar refractivity (Wildman–Crippen MR) is 151 cm³/mol. The van der Waals surface area contributed by atoms with Gasteiger partial charge in [-0.05, 0) is 39.0 Å². The van der Waals surface area contributed by atoms with Crippen molar-refractivity contribution in [1.82, 2.24) is 0 Å². The molecule has 7 heteroatoms. The Bertz CT molecular complexity index is 420. The number of hydrogen-bond acceptors (Lipinski definition) is 5. The summed E-state index contributed by atoms with van der Waals surface area (Å²) in [6.07, 6.45) is 22.7. The molecule has 0 radical (unpaired) electrons. The van der Waals surface area contributed by atoms with E-state index in [4.69, 9.17) is 24.1 Å². The van der Waals surface area contributed by atoms with Crippen LogP contribution in [0.1, 0.15) is 130 Å². The van der Waals surface area contributed by atoms with Gasteiger partial charge in [-0.1, -0.05) is 96.8 Å². The summed E-state index contributed by atoms with van der Waals surface area (Å²) in [4.78, 5) is 0. The number of hydrogen-bond donors (Lipinski definition) is 2. The molecule has 0 aromatic rings. The topological polar surface area (TPSA) is 73.9 Å². The molecule has 5 nitrogen and oxygen atoms in total. The molecule has 0 rings (SSSR count). The van der Waals surface area contributed by atoms with Gasteiger partial charge in [0.2, 0.25) is 0 Å². The molecule has 0 aliphatic rings. The van der Waals surface area contributed by atoms with E-state index in [1.54, 1.807) is 14.2 Å². The van der Waals surface area contributed by atoms with Crippen molar-refractivity contribution in [1.29, 1.82) is 0 Å². The fraction of sp³-hybridized carbons (Fsp3) is 1.00. The molecule has 208 valence electrons. The fourth-order valence-electron chi connectivity index (χ4n) is 4.72. The van der Waals surface area contributed by atoms with Crippen molar-refractivity contribution in [2.45, 2.75) is 142 Å². The van der Waals surface area contributed by atoms with E-state index in [-0.39, 0.29) is 31.2 Å². The molecule has 1 unspecified atom stereocenters. The number of nitrogens with two attached hydrogens (primary N) is 1. The van der Waals surface area contributed by atoms with Gasteiger partial charge in [0.05, 0.1) is 13.2 Å². The van der Waals surface area contributed by atoms with Crippen LogP contribution in [0.2, 0.25) is 6.04 Å². The summed E-state index contributed by atoms with van der Waals surface area (Å²) < 4.78 is 16.9. The van der Waals surface area contributed by atoms with Gasteiger partial charge in [-0.3, -0.25) is 0 Å². The predicted octanol–water partition coefficient (Wildman–Crippen LogP) is 7.65. The first-order valence-electron chi connectivity index (χ1n) is 14.0. The zero-order valence-electron chi connectivity index (χ0n) is 23.4. The van der Waals surface area contributed by atoms with Crippen molar-refractivity contribution in [3.63, 3.8) is 0 Å². The third kappa shape index (κ3) is 19.5. The van der Waals surface area contributed by atoms with Crippen LogP contribution in [0.15, 0.2) is 0 Å². The molecular formula is C27H60ClNO4Si. The highest BCUT2D eigenvalue weighted by atomic mass is 35.5. The first kappa shape index (κ1) is 36.5. The first-order chi connectivity index (χ1) is 15.8. The van der Waals surface area contributed by atoms with Crippen molar-refractivity contribution >= 4 is 21.2 Å². The Morgan fingerprint density at radius 3 is 1.53 bits per heavy atom. The van der Waals surface area contributed by atoms with Crippen LogP contribution in [0.5, 0.6) is 0 Å². The molecule has 0 saturated carbocycles. The third-order valence-electron chi connectivity index (χ3n) is 7.03. The Balaban J connectivity index is 0. The summed E-state index contributed by atoms with van der Waals surface area (Å²) in [6, 6.07) is 0.769. The van der Waals surface area contributed by atoms with Gasteiger partial charge in [-0.25, -0.2) is 0 Å². The summed E-state index contributed by atoms with van der Waals surface area (Å²) in [6.45, 7) is 6.84. The van der Waals surface area contributed by atoms with E-state index in [9.17, 15) is 0 Å². The first-order valence-corrected chi connectivity index (χ1v) is 15.9. The maximum atomic E-state index is 9.07. The highest BCUT2D eigenvalue weighted by Crippen LogP contribution is 2.29. The van der Waals surface area contributed by atoms with Gasteiger partial charge < -0.3 is 24.1 Å². The SMILES string of the molecule is CCCCCCCCCCCCCCCCC(CCC[Si](OC)(OC)OCCO)C(C)(C)N.Cl. The second-order valence-corrected chi connectivity index (χ2v) is 13.4. The minimum atomic E-state index is -2.66. The number of aliphatic hydroxyl groups excluding tert-OH is 1. The molecule has 0 aliphatic heterocycles. The molecule has 0 fully saturated rings. The standard InChI is InChI=1S/C27H59NO4Si.ClH/c1-6-7-8-9-10-11-12-13-14-15-16-17-18-19-21-26(27(2,3)28)22-20-25-33(30-4,31-5)32-24-23-29;/h26,29H,6-25,28H2,1-5H3;1H. The Kier molecular flexibility index (Phi) is 25.4. The Hall–Kier alpha value is 0.307. The molecule has 0 aromatic carbocycles. The van der Waals surface area contributed by atoms with E-state index in [0.717, 1.165) is 18.9 Å². The molecule has 3 N–H and O–H groups in total. The average Bonchev–Trinajstić information content (AvgIpc) is 2.79. The summed E-state index contributed by atoms with van der Waals surface area (Å²) >= 11 is 0. The van der Waals surface area contributed by atoms with Gasteiger partial charge in [-0.15, -0.1) is 12.4 Å². The van der Waals surface area contributed by atoms with E-state index in [2.05, 4.69) is 20.8 Å². The van der Waals surface area contributed by atoms with Crippen LogP contribution >= 0.6 is 12.4 Å². The van der Waals surface area contributed by atoms with E-state index in [0.29, 0.717) is 5.92 Å². The highest BCUT2D eigenvalue weighted by Gasteiger charge is 2.39. The Labute approximate surface area is 220 Å². The van der Waals surface area contributed by atoms with Crippen LogP contribution in [-0.2, 0) is 13.3 Å². The lowest BCUT2D eigenvalue weighted by molar-refractivity contribution is 0.0774. The smallest absolute Gasteiger partial charge is 0.394 e. The normalized spacial score (nSPS) is 13.1. The Morgan fingerprint density at radius 2 is 1.15 bits per heavy atom. The molecule has 0 amide bonds. The van der Waals surface area contributed by atoms with Crippen LogP contribution in [0.25, 0.3) is 0 Å². The maximum Gasteiger partial charge on any atom is 0.500 e. The van der Waals surface area contributed by atoms with Crippen LogP contribution in [0.3, 0.4) is 0 Å². The van der Waals surface area contributed by atoms with E-state index in [1.165, 1.54) is 96.3 Å². The quantitative estimate of drug-likeness (QED) is 0.0944. The largest absolute Gasteiger partial charge is 0.500 e. The zero-order valence-corrected chi connectivity index (χ0v) is 25.2. The molecule has 0 heterocycles. The van der Waals surface area contributed by atoms with Crippen LogP contribution < -0.4 is 5.73 Å². The summed E-state index contributed by atoms with van der Waals surface area (Å²) in [5.74, 6) is 0.494. The molecule has 0 aromatic heterocycles. The van der Waals surface area contributed by atoms with Crippen LogP contribution in [0.4, 0.5) is 0 Å². The molecule has 1 atom stereocenters. The van der Waals surface area contributed by atoms with Crippen molar-refractivity contribution in [2.24, 2.45) is 11.7 Å². The third-order valence-corrected chi connectivity index (χ3v) is 9.88. The molecule has 0 aliphatic carbocycles. The zero-order chi connectivity index (χ0) is 24.8. The number of unbranched alkanes of at least 4 members (excludes halogenated alkanes) is 13. The lowest BCUT2D eigenvalue weighted by atomic mass is 9.81. The molecule has 34 heavy (non-hydrogen) atoms. The van der Waals surface area contributed by atoms with Crippen molar-refractivity contribution in [2.75, 3.05) is 27.4 Å². The highest BCUT2D eigenvalue weighted by molar-refractivity contribution is 6.60. The number of halogens is 1. The molecule has 0 saturated heterocycles. The Morgan fingerprint density at radius 1 is 0.735 bits per heavy atom. The van der Waals surface area contributed by atoms with Gasteiger partial charge in [0.15, 0.2) is 0 Å². The molecule has 0 bridgehead atoms. The fourth-order valence-corrected chi connectivity index (χ4v) is 6.71. The molecular weight excluding hydrogens is 466 g/mol. The van der Waals surface area contributed by atoms with Crippen molar-refractivity contribution in [3.8, 4) is 0 Å². The second-order valence-electron chi connectivity index (χ2n) is 10.5. The van der Waals surface area contributed by atoms with Gasteiger partial charge in [0, 0.05) is 25.8 Å². The van der Waals surface area contributed by atoms with E-state index < -0.39 is 8.80 Å². The monoisotopic (exact) mass is 525 g/mol. The van der Waals surface area contributed by atoms with Crippen LogP contribution in [0, 0.1) is 5.92 Å². The van der Waals surface area contributed by atoms with E-state index in [1.807, 2.05) is 0 Å². The maximum absolute atomic E-state index is 9.07. The van der Waals surface area contributed by atoms with Crippen molar-refractivity contribution in [3.05, 3.63) is 0 Å².